The fourth-order valence-electron chi connectivity index (χ4n) is 1.26. The maximum Gasteiger partial charge on any atom is 0.394 e. The summed E-state index contributed by atoms with van der Waals surface area (Å²) in [6, 6.07) is 5.68. The Morgan fingerprint density at radius 3 is 3.07 bits per heavy atom. The minimum Gasteiger partial charge on any atom is -0.450 e. The molecule has 2 N–H and O–H groups in total. The van der Waals surface area contributed by atoms with Crippen molar-refractivity contribution in [2.45, 2.75) is 13.5 Å². The molecule has 0 aliphatic rings. The molecule has 4 heteroatoms. The van der Waals surface area contributed by atoms with E-state index < -0.39 is 0 Å². The highest BCUT2D eigenvalue weighted by Crippen LogP contribution is 2.21. The van der Waals surface area contributed by atoms with Crippen molar-refractivity contribution >= 4 is 11.1 Å². The van der Waals surface area contributed by atoms with Crippen LogP contribution in [0.3, 0.4) is 0 Å². The number of hydrogen-bond donors (Lipinski definition) is 1. The number of benzene rings is 1. The van der Waals surface area contributed by atoms with Crippen LogP contribution in [0.2, 0.25) is 0 Å². The SMILES string of the molecule is CCOc1nc2cc(CN)ccc2o1. The summed E-state index contributed by atoms with van der Waals surface area (Å²) < 4.78 is 10.5. The monoisotopic (exact) mass is 192 g/mol. The fourth-order valence-corrected chi connectivity index (χ4v) is 1.26. The fraction of sp³-hybridized carbons (Fsp3) is 0.300. The lowest BCUT2D eigenvalue weighted by Crippen LogP contribution is -1.95. The maximum atomic E-state index is 5.52. The molecule has 0 saturated carbocycles. The Morgan fingerprint density at radius 1 is 1.50 bits per heavy atom. The van der Waals surface area contributed by atoms with Crippen LogP contribution in [-0.2, 0) is 6.54 Å². The Morgan fingerprint density at radius 2 is 2.36 bits per heavy atom. The quantitative estimate of drug-likeness (QED) is 0.803. The Bertz CT molecular complexity index is 437. The number of nitrogens with two attached hydrogens (primary N) is 1. The molecule has 0 amide bonds. The number of nitrogens with zero attached hydrogens (tertiary/aromatic N) is 1. The molecule has 0 aliphatic carbocycles. The van der Waals surface area contributed by atoms with Gasteiger partial charge in [0, 0.05) is 6.54 Å². The number of aromatic nitrogens is 1. The second-order valence-electron chi connectivity index (χ2n) is 2.92. The standard InChI is InChI=1S/C10H12N2O2/c1-2-13-10-12-8-5-7(6-11)3-4-9(8)14-10/h3-5H,2,6,11H2,1H3. The van der Waals surface area contributed by atoms with Gasteiger partial charge in [-0.15, -0.1) is 0 Å². The second-order valence-corrected chi connectivity index (χ2v) is 2.92. The first-order valence-corrected chi connectivity index (χ1v) is 4.56. The molecule has 0 spiro atoms. The van der Waals surface area contributed by atoms with Gasteiger partial charge in [-0.3, -0.25) is 0 Å². The molecule has 74 valence electrons. The molecule has 0 fully saturated rings. The van der Waals surface area contributed by atoms with Crippen molar-refractivity contribution in [3.05, 3.63) is 23.8 Å². The molecule has 2 aromatic rings. The van der Waals surface area contributed by atoms with E-state index in [0.29, 0.717) is 19.2 Å². The largest absolute Gasteiger partial charge is 0.450 e. The topological polar surface area (TPSA) is 61.3 Å². The molecule has 1 aromatic heterocycles. The predicted molar refractivity (Wildman–Crippen MR) is 53.1 cm³/mol. The molecule has 0 saturated heterocycles. The smallest absolute Gasteiger partial charge is 0.394 e. The van der Waals surface area contributed by atoms with Crippen LogP contribution in [0.4, 0.5) is 0 Å². The first-order valence-electron chi connectivity index (χ1n) is 4.56. The van der Waals surface area contributed by atoms with Crippen molar-refractivity contribution in [1.82, 2.24) is 4.98 Å². The lowest BCUT2D eigenvalue weighted by molar-refractivity contribution is 0.251. The van der Waals surface area contributed by atoms with Crippen molar-refractivity contribution in [2.75, 3.05) is 6.61 Å². The highest BCUT2D eigenvalue weighted by Gasteiger charge is 2.05. The van der Waals surface area contributed by atoms with E-state index in [2.05, 4.69) is 4.98 Å². The van der Waals surface area contributed by atoms with Crippen molar-refractivity contribution in [2.24, 2.45) is 5.73 Å². The third-order valence-electron chi connectivity index (χ3n) is 1.94. The molecule has 0 radical (unpaired) electrons. The average Bonchev–Trinajstić information content (AvgIpc) is 2.59. The summed E-state index contributed by atoms with van der Waals surface area (Å²) >= 11 is 0. The molecule has 4 nitrogen and oxygen atoms in total. The van der Waals surface area contributed by atoms with Gasteiger partial charge < -0.3 is 14.9 Å². The minimum absolute atomic E-state index is 0.316. The molecule has 0 unspecified atom stereocenters. The molecule has 0 bridgehead atoms. The molecule has 1 aromatic carbocycles. The number of fused-ring (bicyclic) bond motifs is 1. The van der Waals surface area contributed by atoms with Crippen molar-refractivity contribution < 1.29 is 9.15 Å². The average molecular weight is 192 g/mol. The van der Waals surface area contributed by atoms with E-state index in [1.54, 1.807) is 0 Å². The number of ether oxygens (including phenoxy) is 1. The summed E-state index contributed by atoms with van der Waals surface area (Å²) in [4.78, 5) is 4.17. The van der Waals surface area contributed by atoms with E-state index in [4.69, 9.17) is 14.9 Å². The summed E-state index contributed by atoms with van der Waals surface area (Å²) in [5.41, 5.74) is 8.07. The van der Waals surface area contributed by atoms with Crippen molar-refractivity contribution in [3.63, 3.8) is 0 Å². The summed E-state index contributed by atoms with van der Waals surface area (Å²) in [6.45, 7) is 2.95. The van der Waals surface area contributed by atoms with E-state index in [9.17, 15) is 0 Å². The van der Waals surface area contributed by atoms with Gasteiger partial charge in [0.05, 0.1) is 6.61 Å². The van der Waals surface area contributed by atoms with Crippen LogP contribution in [0.25, 0.3) is 11.1 Å². The van der Waals surface area contributed by atoms with E-state index in [1.165, 1.54) is 0 Å². The second kappa shape index (κ2) is 3.67. The molecule has 1 heterocycles. The molecular formula is C10H12N2O2. The van der Waals surface area contributed by atoms with Crippen LogP contribution in [0, 0.1) is 0 Å². The Kier molecular flexibility index (Phi) is 2.37. The normalized spacial score (nSPS) is 10.7. The third kappa shape index (κ3) is 1.56. The Labute approximate surface area is 81.7 Å². The zero-order valence-corrected chi connectivity index (χ0v) is 7.99. The first kappa shape index (κ1) is 9.02. The van der Waals surface area contributed by atoms with Crippen LogP contribution < -0.4 is 10.5 Å². The van der Waals surface area contributed by atoms with Gasteiger partial charge in [0.15, 0.2) is 5.58 Å². The summed E-state index contributed by atoms with van der Waals surface area (Å²) in [6.07, 6.45) is 0.316. The van der Waals surface area contributed by atoms with Gasteiger partial charge in [0.25, 0.3) is 0 Å². The summed E-state index contributed by atoms with van der Waals surface area (Å²) in [5.74, 6) is 0. The van der Waals surface area contributed by atoms with E-state index >= 15 is 0 Å². The maximum absolute atomic E-state index is 5.52. The Balaban J connectivity index is 2.43. The van der Waals surface area contributed by atoms with Gasteiger partial charge in [0.2, 0.25) is 0 Å². The molecule has 0 aliphatic heterocycles. The van der Waals surface area contributed by atoms with Gasteiger partial charge in [0.1, 0.15) is 5.52 Å². The van der Waals surface area contributed by atoms with Crippen molar-refractivity contribution in [1.29, 1.82) is 0 Å². The first-order chi connectivity index (χ1) is 6.83. The lowest BCUT2D eigenvalue weighted by atomic mass is 10.2. The number of rotatable bonds is 3. The van der Waals surface area contributed by atoms with Crippen molar-refractivity contribution in [3.8, 4) is 6.08 Å². The zero-order chi connectivity index (χ0) is 9.97. The van der Waals surface area contributed by atoms with Gasteiger partial charge in [-0.1, -0.05) is 6.07 Å². The van der Waals surface area contributed by atoms with Crippen LogP contribution in [-0.4, -0.2) is 11.6 Å². The summed E-state index contributed by atoms with van der Waals surface area (Å²) in [5, 5.41) is 0. The van der Waals surface area contributed by atoms with Gasteiger partial charge in [-0.2, -0.15) is 4.98 Å². The lowest BCUT2D eigenvalue weighted by Gasteiger charge is -1.92. The molecule has 2 rings (SSSR count). The van der Waals surface area contributed by atoms with Crippen LogP contribution in [0.5, 0.6) is 6.08 Å². The minimum atomic E-state index is 0.316. The highest BCUT2D eigenvalue weighted by molar-refractivity contribution is 5.73. The number of hydrogen-bond acceptors (Lipinski definition) is 4. The van der Waals surface area contributed by atoms with E-state index in [0.717, 1.165) is 16.7 Å². The third-order valence-corrected chi connectivity index (χ3v) is 1.94. The zero-order valence-electron chi connectivity index (χ0n) is 7.99. The van der Waals surface area contributed by atoms with E-state index in [-0.39, 0.29) is 0 Å². The molecule has 0 atom stereocenters. The van der Waals surface area contributed by atoms with Crippen LogP contribution in [0.1, 0.15) is 12.5 Å². The highest BCUT2D eigenvalue weighted by atomic mass is 16.6. The van der Waals surface area contributed by atoms with E-state index in [1.807, 2.05) is 25.1 Å². The Hall–Kier alpha value is -1.55. The van der Waals surface area contributed by atoms with Crippen LogP contribution >= 0.6 is 0 Å². The van der Waals surface area contributed by atoms with Crippen LogP contribution in [0.15, 0.2) is 22.6 Å². The summed E-state index contributed by atoms with van der Waals surface area (Å²) in [7, 11) is 0. The molecular weight excluding hydrogens is 180 g/mol. The molecule has 14 heavy (non-hydrogen) atoms. The van der Waals surface area contributed by atoms with Gasteiger partial charge in [-0.05, 0) is 24.6 Å². The van der Waals surface area contributed by atoms with Gasteiger partial charge >= 0.3 is 6.08 Å². The predicted octanol–water partition coefficient (Wildman–Crippen LogP) is 1.69. The number of oxazole rings is 1. The van der Waals surface area contributed by atoms with Gasteiger partial charge in [-0.25, -0.2) is 0 Å².